The van der Waals surface area contributed by atoms with E-state index in [1.807, 2.05) is 24.4 Å². The SMILES string of the molecule is CCOc1ccc(N2C(=O)CN(c3ccc(OC)cc3OC)C(=O)[C@@H]2c2cccs2)cc1. The van der Waals surface area contributed by atoms with E-state index in [4.69, 9.17) is 14.2 Å². The number of benzene rings is 2. The summed E-state index contributed by atoms with van der Waals surface area (Å²) in [7, 11) is 3.09. The highest BCUT2D eigenvalue weighted by Crippen LogP contribution is 2.40. The molecule has 0 radical (unpaired) electrons. The second kappa shape index (κ2) is 9.32. The molecule has 8 heteroatoms. The summed E-state index contributed by atoms with van der Waals surface area (Å²) in [5, 5.41) is 1.90. The third-order valence-electron chi connectivity index (χ3n) is 5.24. The van der Waals surface area contributed by atoms with Gasteiger partial charge in [-0.2, -0.15) is 0 Å². The first kappa shape index (κ1) is 21.7. The largest absolute Gasteiger partial charge is 0.497 e. The van der Waals surface area contributed by atoms with Crippen molar-refractivity contribution < 1.29 is 23.8 Å². The molecule has 2 aromatic carbocycles. The fourth-order valence-electron chi connectivity index (χ4n) is 3.76. The second-order valence-corrected chi connectivity index (χ2v) is 8.05. The van der Waals surface area contributed by atoms with Crippen LogP contribution in [0.25, 0.3) is 0 Å². The van der Waals surface area contributed by atoms with Crippen molar-refractivity contribution in [2.75, 3.05) is 37.2 Å². The van der Waals surface area contributed by atoms with Gasteiger partial charge in [0, 0.05) is 16.6 Å². The highest BCUT2D eigenvalue weighted by Gasteiger charge is 2.43. The van der Waals surface area contributed by atoms with Crippen LogP contribution < -0.4 is 24.0 Å². The summed E-state index contributed by atoms with van der Waals surface area (Å²) in [5.74, 6) is 1.39. The normalized spacial score (nSPS) is 16.3. The van der Waals surface area contributed by atoms with Crippen molar-refractivity contribution in [2.24, 2.45) is 0 Å². The number of anilines is 2. The number of thiophene rings is 1. The molecule has 1 atom stereocenters. The monoisotopic (exact) mass is 452 g/mol. The zero-order chi connectivity index (χ0) is 22.7. The summed E-state index contributed by atoms with van der Waals surface area (Å²) < 4.78 is 16.3. The van der Waals surface area contributed by atoms with Crippen LogP contribution >= 0.6 is 11.3 Å². The number of hydrogen-bond acceptors (Lipinski definition) is 6. The Bertz CT molecular complexity index is 1100. The third kappa shape index (κ3) is 4.01. The van der Waals surface area contributed by atoms with E-state index >= 15 is 0 Å². The van der Waals surface area contributed by atoms with Crippen LogP contribution in [-0.2, 0) is 9.59 Å². The van der Waals surface area contributed by atoms with Crippen molar-refractivity contribution in [1.29, 1.82) is 0 Å². The van der Waals surface area contributed by atoms with Gasteiger partial charge >= 0.3 is 0 Å². The molecule has 1 aliphatic rings. The van der Waals surface area contributed by atoms with Crippen molar-refractivity contribution >= 4 is 34.5 Å². The molecular weight excluding hydrogens is 428 g/mol. The number of hydrogen-bond donors (Lipinski definition) is 0. The molecule has 0 bridgehead atoms. The molecule has 0 N–H and O–H groups in total. The van der Waals surface area contributed by atoms with Gasteiger partial charge in [0.25, 0.3) is 5.91 Å². The summed E-state index contributed by atoms with van der Waals surface area (Å²) in [6, 6.07) is 15.4. The van der Waals surface area contributed by atoms with Crippen LogP contribution in [-0.4, -0.2) is 39.2 Å². The van der Waals surface area contributed by atoms with Gasteiger partial charge in [0.2, 0.25) is 5.91 Å². The molecule has 1 saturated heterocycles. The Kier molecular flexibility index (Phi) is 6.32. The number of carbonyl (C=O) groups excluding carboxylic acids is 2. The van der Waals surface area contributed by atoms with E-state index in [9.17, 15) is 9.59 Å². The lowest BCUT2D eigenvalue weighted by Gasteiger charge is -2.40. The average Bonchev–Trinajstić information content (AvgIpc) is 3.35. The van der Waals surface area contributed by atoms with Gasteiger partial charge in [-0.1, -0.05) is 6.07 Å². The maximum Gasteiger partial charge on any atom is 0.256 e. The minimum Gasteiger partial charge on any atom is -0.497 e. The summed E-state index contributed by atoms with van der Waals surface area (Å²) in [6.45, 7) is 2.36. The zero-order valence-electron chi connectivity index (χ0n) is 18.1. The molecule has 0 spiro atoms. The highest BCUT2D eigenvalue weighted by atomic mass is 32.1. The van der Waals surface area contributed by atoms with Gasteiger partial charge < -0.3 is 14.2 Å². The number of nitrogens with zero attached hydrogens (tertiary/aromatic N) is 2. The van der Waals surface area contributed by atoms with E-state index in [-0.39, 0.29) is 18.4 Å². The van der Waals surface area contributed by atoms with Gasteiger partial charge in [-0.25, -0.2) is 0 Å². The summed E-state index contributed by atoms with van der Waals surface area (Å²) in [6.07, 6.45) is 0. The van der Waals surface area contributed by atoms with Gasteiger partial charge in [0.05, 0.1) is 26.5 Å². The Balaban J connectivity index is 1.75. The average molecular weight is 453 g/mol. The molecule has 0 aliphatic carbocycles. The molecule has 1 aliphatic heterocycles. The first-order valence-electron chi connectivity index (χ1n) is 10.2. The third-order valence-corrected chi connectivity index (χ3v) is 6.16. The lowest BCUT2D eigenvalue weighted by molar-refractivity contribution is -0.128. The molecule has 0 saturated carbocycles. The van der Waals surface area contributed by atoms with Gasteiger partial charge in [-0.3, -0.25) is 19.4 Å². The summed E-state index contributed by atoms with van der Waals surface area (Å²) >= 11 is 1.44. The number of amides is 2. The quantitative estimate of drug-likeness (QED) is 0.535. The molecule has 3 aromatic rings. The van der Waals surface area contributed by atoms with Gasteiger partial charge in [-0.05, 0) is 54.8 Å². The van der Waals surface area contributed by atoms with Crippen LogP contribution in [0.15, 0.2) is 60.0 Å². The Morgan fingerprint density at radius 2 is 1.75 bits per heavy atom. The van der Waals surface area contributed by atoms with Crippen molar-refractivity contribution in [3.63, 3.8) is 0 Å². The maximum atomic E-state index is 13.8. The van der Waals surface area contributed by atoms with E-state index in [0.29, 0.717) is 35.2 Å². The van der Waals surface area contributed by atoms with Gasteiger partial charge in [-0.15, -0.1) is 11.3 Å². The Morgan fingerprint density at radius 3 is 2.38 bits per heavy atom. The second-order valence-electron chi connectivity index (χ2n) is 7.07. The van der Waals surface area contributed by atoms with Gasteiger partial charge in [0.15, 0.2) is 6.04 Å². The smallest absolute Gasteiger partial charge is 0.256 e. The number of methoxy groups -OCH3 is 2. The number of ether oxygens (including phenoxy) is 3. The minimum absolute atomic E-state index is 0.101. The lowest BCUT2D eigenvalue weighted by Crippen LogP contribution is -2.56. The number of carbonyl (C=O) groups is 2. The van der Waals surface area contributed by atoms with Crippen molar-refractivity contribution in [3.8, 4) is 17.2 Å². The maximum absolute atomic E-state index is 13.8. The van der Waals surface area contributed by atoms with Crippen LogP contribution in [0.5, 0.6) is 17.2 Å². The predicted octanol–water partition coefficient (Wildman–Crippen LogP) is 4.29. The van der Waals surface area contributed by atoms with Crippen LogP contribution in [0, 0.1) is 0 Å². The summed E-state index contributed by atoms with van der Waals surface area (Å²) in [5.41, 5.74) is 1.17. The Hall–Kier alpha value is -3.52. The standard InChI is InChI=1S/C24H24N2O5S/c1-4-31-17-9-7-16(8-10-17)26-22(27)15-25(24(28)23(26)21-6-5-13-32-21)19-12-11-18(29-2)14-20(19)30-3/h5-14,23H,4,15H2,1-3H3/t23-/m0/s1. The highest BCUT2D eigenvalue weighted by molar-refractivity contribution is 7.10. The molecule has 2 heterocycles. The van der Waals surface area contributed by atoms with Crippen molar-refractivity contribution in [3.05, 3.63) is 64.9 Å². The predicted molar refractivity (Wildman–Crippen MR) is 124 cm³/mol. The topological polar surface area (TPSA) is 68.3 Å². The van der Waals surface area contributed by atoms with E-state index in [1.165, 1.54) is 23.3 Å². The van der Waals surface area contributed by atoms with Crippen molar-refractivity contribution in [2.45, 2.75) is 13.0 Å². The van der Waals surface area contributed by atoms with Gasteiger partial charge in [0.1, 0.15) is 23.8 Å². The van der Waals surface area contributed by atoms with E-state index < -0.39 is 6.04 Å². The minimum atomic E-state index is -0.777. The molecule has 4 rings (SSSR count). The Morgan fingerprint density at radius 1 is 1.00 bits per heavy atom. The molecule has 7 nitrogen and oxygen atoms in total. The van der Waals surface area contributed by atoms with Crippen LogP contribution in [0.4, 0.5) is 11.4 Å². The number of piperazine rings is 1. The fourth-order valence-corrected chi connectivity index (χ4v) is 4.57. The van der Waals surface area contributed by atoms with E-state index in [1.54, 1.807) is 54.5 Å². The summed E-state index contributed by atoms with van der Waals surface area (Å²) in [4.78, 5) is 31.0. The first-order valence-corrected chi connectivity index (χ1v) is 11.1. The molecule has 0 unspecified atom stereocenters. The Labute approximate surface area is 190 Å². The fraction of sp³-hybridized carbons (Fsp3) is 0.250. The molecule has 32 heavy (non-hydrogen) atoms. The molecule has 1 fully saturated rings. The molecule has 2 amide bonds. The lowest BCUT2D eigenvalue weighted by atomic mass is 10.1. The van der Waals surface area contributed by atoms with Crippen LogP contribution in [0.1, 0.15) is 17.8 Å². The molecular formula is C24H24N2O5S. The van der Waals surface area contributed by atoms with Crippen LogP contribution in [0.3, 0.4) is 0 Å². The molecule has 166 valence electrons. The molecule has 1 aromatic heterocycles. The van der Waals surface area contributed by atoms with E-state index in [2.05, 4.69) is 0 Å². The van der Waals surface area contributed by atoms with E-state index in [0.717, 1.165) is 4.88 Å². The number of rotatable bonds is 7. The van der Waals surface area contributed by atoms with Crippen LogP contribution in [0.2, 0.25) is 0 Å². The first-order chi connectivity index (χ1) is 15.6. The zero-order valence-corrected chi connectivity index (χ0v) is 18.9. The van der Waals surface area contributed by atoms with Crippen molar-refractivity contribution in [1.82, 2.24) is 0 Å².